The van der Waals surface area contributed by atoms with E-state index in [1.807, 2.05) is 19.1 Å². The van der Waals surface area contributed by atoms with Gasteiger partial charge < -0.3 is 14.8 Å². The van der Waals surface area contributed by atoms with E-state index in [4.69, 9.17) is 26.3 Å². The van der Waals surface area contributed by atoms with Gasteiger partial charge in [0.05, 0.1) is 31.4 Å². The molecule has 1 fully saturated rings. The maximum absolute atomic E-state index is 9.10. The molecule has 0 radical (unpaired) electrons. The lowest BCUT2D eigenvalue weighted by atomic mass is 9.88. The van der Waals surface area contributed by atoms with Gasteiger partial charge in [0.2, 0.25) is 0 Å². The van der Waals surface area contributed by atoms with Gasteiger partial charge in [0.15, 0.2) is 0 Å². The van der Waals surface area contributed by atoms with Crippen LogP contribution in [0.2, 0.25) is 5.02 Å². The Morgan fingerprint density at radius 3 is 2.78 bits per heavy atom. The average Bonchev–Trinajstić information content (AvgIpc) is 2.32. The smallest absolute Gasteiger partial charge is 0.137 e. The van der Waals surface area contributed by atoms with Crippen LogP contribution in [0, 0.1) is 23.7 Å². The number of methoxy groups -OCH3 is 1. The second-order valence-electron chi connectivity index (χ2n) is 4.54. The van der Waals surface area contributed by atoms with Crippen LogP contribution in [0.5, 0.6) is 5.75 Å². The monoisotopic (exact) mass is 266 g/mol. The molecule has 0 aliphatic carbocycles. The SMILES string of the molecule is COc1cc(C)c(NCC2(C#N)COC2)cc1Cl. The van der Waals surface area contributed by atoms with Crippen LogP contribution < -0.4 is 10.1 Å². The number of hydrogen-bond acceptors (Lipinski definition) is 4. The standard InChI is InChI=1S/C13H15ClN2O2/c1-9-3-12(17-2)10(14)4-11(9)16-6-13(5-15)7-18-8-13/h3-4,16H,6-8H2,1-2H3. The molecule has 1 saturated heterocycles. The summed E-state index contributed by atoms with van der Waals surface area (Å²) in [5.41, 5.74) is 1.55. The molecule has 0 amide bonds. The molecular weight excluding hydrogens is 252 g/mol. The summed E-state index contributed by atoms with van der Waals surface area (Å²) in [6.45, 7) is 3.50. The maximum atomic E-state index is 9.10. The summed E-state index contributed by atoms with van der Waals surface area (Å²) in [6.07, 6.45) is 0. The number of aryl methyl sites for hydroxylation is 1. The first-order chi connectivity index (χ1) is 8.60. The van der Waals surface area contributed by atoms with E-state index in [0.29, 0.717) is 30.5 Å². The second-order valence-corrected chi connectivity index (χ2v) is 4.95. The fourth-order valence-electron chi connectivity index (χ4n) is 1.82. The minimum atomic E-state index is -0.404. The van der Waals surface area contributed by atoms with Crippen molar-refractivity contribution in [1.82, 2.24) is 0 Å². The van der Waals surface area contributed by atoms with E-state index < -0.39 is 5.41 Å². The first kappa shape index (κ1) is 13.0. The lowest BCUT2D eigenvalue weighted by Crippen LogP contribution is -2.46. The van der Waals surface area contributed by atoms with Crippen LogP contribution in [0.4, 0.5) is 5.69 Å². The number of anilines is 1. The normalized spacial score (nSPS) is 16.6. The third kappa shape index (κ3) is 2.38. The number of nitriles is 1. The minimum Gasteiger partial charge on any atom is -0.495 e. The van der Waals surface area contributed by atoms with E-state index in [1.165, 1.54) is 0 Å². The first-order valence-electron chi connectivity index (χ1n) is 5.67. The molecule has 1 aromatic rings. The Bertz CT molecular complexity index is 492. The summed E-state index contributed by atoms with van der Waals surface area (Å²) in [4.78, 5) is 0. The highest BCUT2D eigenvalue weighted by atomic mass is 35.5. The summed E-state index contributed by atoms with van der Waals surface area (Å²) in [5.74, 6) is 0.654. The highest BCUT2D eigenvalue weighted by molar-refractivity contribution is 6.32. The van der Waals surface area contributed by atoms with Crippen LogP contribution in [0.1, 0.15) is 5.56 Å². The summed E-state index contributed by atoms with van der Waals surface area (Å²) in [7, 11) is 1.59. The van der Waals surface area contributed by atoms with Crippen LogP contribution in [0.15, 0.2) is 12.1 Å². The van der Waals surface area contributed by atoms with Crippen LogP contribution in [0.25, 0.3) is 0 Å². The first-order valence-corrected chi connectivity index (χ1v) is 6.05. The number of rotatable bonds is 4. The molecule has 0 spiro atoms. The molecule has 1 N–H and O–H groups in total. The van der Waals surface area contributed by atoms with Gasteiger partial charge in [-0.2, -0.15) is 5.26 Å². The summed E-state index contributed by atoms with van der Waals surface area (Å²) in [6, 6.07) is 5.99. The van der Waals surface area contributed by atoms with Gasteiger partial charge in [-0.1, -0.05) is 11.6 Å². The molecule has 1 aliphatic rings. The van der Waals surface area contributed by atoms with Gasteiger partial charge in [-0.15, -0.1) is 0 Å². The fourth-order valence-corrected chi connectivity index (χ4v) is 2.06. The molecule has 1 aliphatic heterocycles. The molecule has 0 atom stereocenters. The Morgan fingerprint density at radius 1 is 1.56 bits per heavy atom. The van der Waals surface area contributed by atoms with Gasteiger partial charge in [0.1, 0.15) is 11.2 Å². The molecule has 0 aromatic heterocycles. The van der Waals surface area contributed by atoms with Crippen molar-refractivity contribution in [2.24, 2.45) is 5.41 Å². The molecule has 96 valence electrons. The molecule has 1 heterocycles. The molecule has 5 heteroatoms. The van der Waals surface area contributed by atoms with Crippen molar-refractivity contribution in [3.63, 3.8) is 0 Å². The molecule has 0 saturated carbocycles. The Morgan fingerprint density at radius 2 is 2.28 bits per heavy atom. The third-order valence-corrected chi connectivity index (χ3v) is 3.41. The van der Waals surface area contributed by atoms with E-state index in [2.05, 4.69) is 11.4 Å². The molecule has 0 unspecified atom stereocenters. The number of nitrogens with one attached hydrogen (secondary N) is 1. The second kappa shape index (κ2) is 5.05. The zero-order valence-corrected chi connectivity index (χ0v) is 11.2. The highest BCUT2D eigenvalue weighted by Gasteiger charge is 2.38. The van der Waals surface area contributed by atoms with Crippen LogP contribution in [-0.2, 0) is 4.74 Å². The Kier molecular flexibility index (Phi) is 3.65. The van der Waals surface area contributed by atoms with E-state index in [9.17, 15) is 0 Å². The minimum absolute atomic E-state index is 0.404. The van der Waals surface area contributed by atoms with Crippen molar-refractivity contribution in [1.29, 1.82) is 5.26 Å². The number of ether oxygens (including phenoxy) is 2. The maximum Gasteiger partial charge on any atom is 0.137 e. The van der Waals surface area contributed by atoms with Gasteiger partial charge in [-0.3, -0.25) is 0 Å². The lowest BCUT2D eigenvalue weighted by molar-refractivity contribution is -0.0690. The Balaban J connectivity index is 2.10. The van der Waals surface area contributed by atoms with E-state index in [0.717, 1.165) is 11.3 Å². The van der Waals surface area contributed by atoms with Crippen LogP contribution in [-0.4, -0.2) is 26.9 Å². The molecular formula is C13H15ClN2O2. The summed E-state index contributed by atoms with van der Waals surface area (Å²) in [5, 5.41) is 12.9. The van der Waals surface area contributed by atoms with Gasteiger partial charge >= 0.3 is 0 Å². The van der Waals surface area contributed by atoms with Crippen molar-refractivity contribution in [3.8, 4) is 11.8 Å². The van der Waals surface area contributed by atoms with Crippen molar-refractivity contribution in [2.45, 2.75) is 6.92 Å². The van der Waals surface area contributed by atoms with Gasteiger partial charge in [0, 0.05) is 12.2 Å². The Hall–Kier alpha value is -1.44. The zero-order chi connectivity index (χ0) is 13.2. The van der Waals surface area contributed by atoms with Crippen LogP contribution in [0.3, 0.4) is 0 Å². The van der Waals surface area contributed by atoms with Crippen LogP contribution >= 0.6 is 11.6 Å². The van der Waals surface area contributed by atoms with Gasteiger partial charge in [0.25, 0.3) is 0 Å². The Labute approximate surface area is 111 Å². The number of halogens is 1. The number of hydrogen-bond donors (Lipinski definition) is 1. The largest absolute Gasteiger partial charge is 0.495 e. The fraction of sp³-hybridized carbons (Fsp3) is 0.462. The zero-order valence-electron chi connectivity index (χ0n) is 10.4. The number of nitrogens with zero attached hydrogens (tertiary/aromatic N) is 1. The van der Waals surface area contributed by atoms with Gasteiger partial charge in [-0.25, -0.2) is 0 Å². The van der Waals surface area contributed by atoms with Gasteiger partial charge in [-0.05, 0) is 24.6 Å². The molecule has 0 bridgehead atoms. The van der Waals surface area contributed by atoms with Crippen molar-refractivity contribution in [2.75, 3.05) is 32.2 Å². The summed E-state index contributed by atoms with van der Waals surface area (Å²) >= 11 is 6.08. The van der Waals surface area contributed by atoms with Crippen molar-refractivity contribution < 1.29 is 9.47 Å². The molecule has 18 heavy (non-hydrogen) atoms. The van der Waals surface area contributed by atoms with Crippen molar-refractivity contribution >= 4 is 17.3 Å². The summed E-state index contributed by atoms with van der Waals surface area (Å²) < 4.78 is 10.2. The topological polar surface area (TPSA) is 54.3 Å². The average molecular weight is 267 g/mol. The highest BCUT2D eigenvalue weighted by Crippen LogP contribution is 2.32. The third-order valence-electron chi connectivity index (χ3n) is 3.11. The lowest BCUT2D eigenvalue weighted by Gasteiger charge is -2.35. The van der Waals surface area contributed by atoms with E-state index >= 15 is 0 Å². The molecule has 4 nitrogen and oxygen atoms in total. The number of benzene rings is 1. The predicted molar refractivity (Wildman–Crippen MR) is 70.1 cm³/mol. The quantitative estimate of drug-likeness (QED) is 0.910. The molecule has 1 aromatic carbocycles. The van der Waals surface area contributed by atoms with Crippen molar-refractivity contribution in [3.05, 3.63) is 22.7 Å². The van der Waals surface area contributed by atoms with E-state index in [1.54, 1.807) is 7.11 Å². The predicted octanol–water partition coefficient (Wildman–Crippen LogP) is 2.61. The van der Waals surface area contributed by atoms with E-state index in [-0.39, 0.29) is 0 Å². The molecule has 2 rings (SSSR count).